The number of rotatable bonds is 8. The van der Waals surface area contributed by atoms with E-state index in [1.165, 1.54) is 38.8 Å². The van der Waals surface area contributed by atoms with E-state index in [1.807, 2.05) is 10.7 Å². The number of hydrogen-bond donors (Lipinski definition) is 1. The summed E-state index contributed by atoms with van der Waals surface area (Å²) in [6.45, 7) is 5.91. The smallest absolute Gasteiger partial charge is 0.173 e. The molecule has 2 atom stereocenters. The van der Waals surface area contributed by atoms with E-state index < -0.39 is 0 Å². The summed E-state index contributed by atoms with van der Waals surface area (Å²) in [5, 5.41) is 13.0. The predicted molar refractivity (Wildman–Crippen MR) is 123 cm³/mol. The Morgan fingerprint density at radius 2 is 1.85 bits per heavy atom. The molecule has 180 valence electrons. The van der Waals surface area contributed by atoms with E-state index in [-0.39, 0.29) is 12.1 Å². The molecule has 1 saturated carbocycles. The first kappa shape index (κ1) is 22.6. The lowest BCUT2D eigenvalue weighted by molar-refractivity contribution is -0.929. The maximum atomic E-state index is 5.88. The van der Waals surface area contributed by atoms with Crippen molar-refractivity contribution in [3.05, 3.63) is 29.6 Å². The van der Waals surface area contributed by atoms with Gasteiger partial charge in [-0.15, -0.1) is 5.10 Å². The van der Waals surface area contributed by atoms with Crippen molar-refractivity contribution < 1.29 is 19.1 Å². The highest BCUT2D eigenvalue weighted by Crippen LogP contribution is 2.35. The third kappa shape index (κ3) is 4.85. The summed E-state index contributed by atoms with van der Waals surface area (Å²) < 4.78 is 18.9. The van der Waals surface area contributed by atoms with Crippen LogP contribution in [0.25, 0.3) is 0 Å². The second-order valence-corrected chi connectivity index (χ2v) is 9.55. The topological polar surface area (TPSA) is 79.0 Å². The lowest BCUT2D eigenvalue weighted by Gasteiger charge is -2.39. The minimum atomic E-state index is -0.0358. The molecule has 0 radical (unpaired) electrons. The molecule has 1 aromatic carbocycles. The average Bonchev–Trinajstić information content (AvgIpc) is 3.64. The molecule has 1 aliphatic carbocycles. The lowest BCUT2D eigenvalue weighted by atomic mass is 10.0. The van der Waals surface area contributed by atoms with Crippen molar-refractivity contribution in [1.29, 1.82) is 0 Å². The number of quaternary nitrogens is 1. The van der Waals surface area contributed by atoms with Crippen LogP contribution in [-0.4, -0.2) is 84.3 Å². The van der Waals surface area contributed by atoms with Crippen molar-refractivity contribution in [3.63, 3.8) is 0 Å². The number of nitrogens with one attached hydrogen (secondary N) is 1. The summed E-state index contributed by atoms with van der Waals surface area (Å²) >= 11 is 0. The van der Waals surface area contributed by atoms with Gasteiger partial charge in [0, 0.05) is 19.7 Å². The molecular formula is C24H37N6O3+. The number of piperazine rings is 1. The molecule has 33 heavy (non-hydrogen) atoms. The van der Waals surface area contributed by atoms with Crippen LogP contribution in [0.3, 0.4) is 0 Å². The highest BCUT2D eigenvalue weighted by molar-refractivity contribution is 5.45. The number of tetrazole rings is 1. The Balaban J connectivity index is 1.43. The fourth-order valence-electron chi connectivity index (χ4n) is 5.88. The molecule has 2 aromatic rings. The Labute approximate surface area is 196 Å². The van der Waals surface area contributed by atoms with Crippen LogP contribution >= 0.6 is 0 Å². The maximum absolute atomic E-state index is 5.88. The van der Waals surface area contributed by atoms with Crippen LogP contribution < -0.4 is 14.4 Å². The lowest BCUT2D eigenvalue weighted by Crippen LogP contribution is -3.18. The summed E-state index contributed by atoms with van der Waals surface area (Å²) in [5.74, 6) is 2.34. The zero-order valence-electron chi connectivity index (χ0n) is 19.9. The normalized spacial score (nSPS) is 23.8. The van der Waals surface area contributed by atoms with Gasteiger partial charge in [0.15, 0.2) is 17.3 Å². The van der Waals surface area contributed by atoms with Crippen LogP contribution in [0.5, 0.6) is 11.5 Å². The van der Waals surface area contributed by atoms with Crippen molar-refractivity contribution >= 4 is 0 Å². The Morgan fingerprint density at radius 1 is 1.06 bits per heavy atom. The van der Waals surface area contributed by atoms with Gasteiger partial charge in [-0.3, -0.25) is 4.90 Å². The van der Waals surface area contributed by atoms with Gasteiger partial charge in [-0.25, -0.2) is 4.68 Å². The van der Waals surface area contributed by atoms with E-state index in [0.29, 0.717) is 6.54 Å². The van der Waals surface area contributed by atoms with Gasteiger partial charge in [-0.1, -0.05) is 6.07 Å². The molecule has 3 heterocycles. The van der Waals surface area contributed by atoms with E-state index in [4.69, 9.17) is 14.2 Å². The molecule has 2 saturated heterocycles. The first-order chi connectivity index (χ1) is 16.3. The molecule has 0 bridgehead atoms. The molecular weight excluding hydrogens is 420 g/mol. The van der Waals surface area contributed by atoms with Gasteiger partial charge in [-0.05, 0) is 66.6 Å². The van der Waals surface area contributed by atoms with E-state index in [0.717, 1.165) is 61.5 Å². The van der Waals surface area contributed by atoms with Gasteiger partial charge in [-0.2, -0.15) is 0 Å². The zero-order chi connectivity index (χ0) is 22.6. The van der Waals surface area contributed by atoms with Crippen LogP contribution in [0.2, 0.25) is 0 Å². The third-order valence-corrected chi connectivity index (χ3v) is 7.67. The van der Waals surface area contributed by atoms with E-state index in [9.17, 15) is 0 Å². The minimum Gasteiger partial charge on any atom is -0.493 e. The highest BCUT2D eigenvalue weighted by Gasteiger charge is 2.36. The number of aromatic nitrogens is 4. The van der Waals surface area contributed by atoms with E-state index >= 15 is 0 Å². The standard InChI is InChI=1S/C24H36N6O3/c1-31-21-10-9-18(16-22(21)32-2)23(24-25-26-27-30(24)17-20-8-5-15-33-20)29-13-11-28(12-14-29)19-6-3-4-7-19/h9-10,16,19-20,23H,3-8,11-15,17H2,1-2H3/p+1. The van der Waals surface area contributed by atoms with Crippen LogP contribution in [0, 0.1) is 0 Å². The number of ether oxygens (including phenoxy) is 3. The van der Waals surface area contributed by atoms with Gasteiger partial charge < -0.3 is 19.1 Å². The van der Waals surface area contributed by atoms with Crippen molar-refractivity contribution in [2.24, 2.45) is 0 Å². The first-order valence-corrected chi connectivity index (χ1v) is 12.4. The molecule has 2 aliphatic heterocycles. The summed E-state index contributed by atoms with van der Waals surface area (Å²) in [7, 11) is 3.35. The van der Waals surface area contributed by atoms with Crippen molar-refractivity contribution in [2.75, 3.05) is 47.0 Å². The second kappa shape index (κ2) is 10.4. The predicted octanol–water partition coefficient (Wildman–Crippen LogP) is 1.10. The van der Waals surface area contributed by atoms with E-state index in [1.54, 1.807) is 19.1 Å². The number of nitrogens with zero attached hydrogens (tertiary/aromatic N) is 5. The molecule has 0 amide bonds. The third-order valence-electron chi connectivity index (χ3n) is 7.67. The molecule has 3 aliphatic rings. The van der Waals surface area contributed by atoms with Crippen molar-refractivity contribution in [3.8, 4) is 11.5 Å². The van der Waals surface area contributed by atoms with E-state index in [2.05, 4.69) is 32.6 Å². The molecule has 0 spiro atoms. The Morgan fingerprint density at radius 3 is 2.55 bits per heavy atom. The first-order valence-electron chi connectivity index (χ1n) is 12.4. The maximum Gasteiger partial charge on any atom is 0.173 e. The number of methoxy groups -OCH3 is 2. The average molecular weight is 458 g/mol. The van der Waals surface area contributed by atoms with Gasteiger partial charge in [0.1, 0.15) is 0 Å². The van der Waals surface area contributed by atoms with Gasteiger partial charge >= 0.3 is 0 Å². The van der Waals surface area contributed by atoms with Crippen molar-refractivity contribution in [2.45, 2.75) is 63.3 Å². The quantitative estimate of drug-likeness (QED) is 0.636. The monoisotopic (exact) mass is 457 g/mol. The van der Waals surface area contributed by atoms with Gasteiger partial charge in [0.25, 0.3) is 0 Å². The van der Waals surface area contributed by atoms with Crippen LogP contribution in [0.15, 0.2) is 18.2 Å². The fourth-order valence-corrected chi connectivity index (χ4v) is 5.88. The highest BCUT2D eigenvalue weighted by atomic mass is 16.5. The van der Waals surface area contributed by atoms with Gasteiger partial charge in [0.2, 0.25) is 0 Å². The Hall–Kier alpha value is -2.23. The molecule has 3 fully saturated rings. The minimum absolute atomic E-state index is 0.0358. The van der Waals surface area contributed by atoms with Gasteiger partial charge in [0.05, 0.1) is 52.0 Å². The molecule has 9 nitrogen and oxygen atoms in total. The number of hydrogen-bond acceptors (Lipinski definition) is 7. The molecule has 1 N–H and O–H groups in total. The Bertz CT molecular complexity index is 901. The molecule has 2 unspecified atom stereocenters. The second-order valence-electron chi connectivity index (χ2n) is 9.55. The molecule has 9 heteroatoms. The molecule has 5 rings (SSSR count). The van der Waals surface area contributed by atoms with Crippen LogP contribution in [0.1, 0.15) is 56.0 Å². The Kier molecular flexibility index (Phi) is 7.08. The number of benzene rings is 1. The summed E-state index contributed by atoms with van der Waals surface area (Å²) in [5.41, 5.74) is 1.13. The van der Waals surface area contributed by atoms with Crippen molar-refractivity contribution in [1.82, 2.24) is 25.1 Å². The largest absolute Gasteiger partial charge is 0.493 e. The molecule has 1 aromatic heterocycles. The van der Waals surface area contributed by atoms with Crippen LogP contribution in [-0.2, 0) is 11.3 Å². The zero-order valence-corrected chi connectivity index (χ0v) is 19.9. The summed E-state index contributed by atoms with van der Waals surface area (Å²) in [6, 6.07) is 6.98. The summed E-state index contributed by atoms with van der Waals surface area (Å²) in [4.78, 5) is 4.31. The fraction of sp³-hybridized carbons (Fsp3) is 0.708. The summed E-state index contributed by atoms with van der Waals surface area (Å²) in [6.07, 6.45) is 7.90. The SMILES string of the molecule is COc1ccc(C(c2nnnn2CC2CCCO2)N2CC[NH+](C3CCCC3)CC2)cc1OC. The van der Waals surface area contributed by atoms with Crippen LogP contribution in [0.4, 0.5) is 0 Å².